The molecule has 0 aliphatic heterocycles. The van der Waals surface area contributed by atoms with E-state index in [1.165, 1.54) is 64.2 Å². The molecule has 0 aromatic rings. The molecule has 0 aromatic heterocycles. The van der Waals surface area contributed by atoms with E-state index in [1.54, 1.807) is 0 Å². The van der Waals surface area contributed by atoms with Gasteiger partial charge in [-0.25, -0.2) is 0 Å². The van der Waals surface area contributed by atoms with Gasteiger partial charge < -0.3 is 19.4 Å². The number of allylic oxidation sites excluding steroid dienone is 4. The summed E-state index contributed by atoms with van der Waals surface area (Å²) in [5.74, 6) is 0. The number of rotatable bonds is 22. The topological polar surface area (TPSA) is 77.8 Å². The lowest BCUT2D eigenvalue weighted by Crippen LogP contribution is -2.49. The number of hydrogen-bond donors (Lipinski definition) is 3. The highest BCUT2D eigenvalue weighted by molar-refractivity contribution is 7.53. The second-order valence-electron chi connectivity index (χ2n) is 10.7. The molecular formula is C27H55NO4P+. The predicted octanol–water partition coefficient (Wildman–Crippen LogP) is 7.32. The maximum absolute atomic E-state index is 11.8. The molecule has 3 N–H and O–H groups in total. The molecule has 1 atom stereocenters. The predicted molar refractivity (Wildman–Crippen MR) is 142 cm³/mol. The highest BCUT2D eigenvalue weighted by atomic mass is 31.2. The molecule has 0 amide bonds. The Morgan fingerprint density at radius 2 is 1.03 bits per heavy atom. The average molecular weight is 489 g/mol. The smallest absolute Gasteiger partial charge is 0.362 e. The minimum atomic E-state index is -4.55. The van der Waals surface area contributed by atoms with Crippen LogP contribution in [0.15, 0.2) is 24.3 Å². The summed E-state index contributed by atoms with van der Waals surface area (Å²) in [7, 11) is 0.958. The third kappa shape index (κ3) is 19.5. The molecule has 0 saturated heterocycles. The van der Waals surface area contributed by atoms with Gasteiger partial charge >= 0.3 is 7.60 Å². The lowest BCUT2D eigenvalue weighted by atomic mass is 10.1. The lowest BCUT2D eigenvalue weighted by molar-refractivity contribution is -0.875. The van der Waals surface area contributed by atoms with Crippen molar-refractivity contribution in [2.45, 2.75) is 121 Å². The summed E-state index contributed by atoms with van der Waals surface area (Å²) in [6.07, 6.45) is 28.4. The molecule has 0 spiro atoms. The quantitative estimate of drug-likeness (QED) is 0.0645. The first-order valence-electron chi connectivity index (χ1n) is 13.4. The van der Waals surface area contributed by atoms with E-state index in [-0.39, 0.29) is 13.0 Å². The molecule has 0 radical (unpaired) electrons. The summed E-state index contributed by atoms with van der Waals surface area (Å²) in [4.78, 5) is 19.2. The highest BCUT2D eigenvalue weighted by Gasteiger charge is 2.48. The van der Waals surface area contributed by atoms with Gasteiger partial charge in [0.05, 0.1) is 21.1 Å². The molecule has 33 heavy (non-hydrogen) atoms. The first kappa shape index (κ1) is 32.5. The lowest BCUT2D eigenvalue weighted by Gasteiger charge is -2.35. The Labute approximate surface area is 205 Å². The van der Waals surface area contributed by atoms with Crippen LogP contribution in [0, 0.1) is 0 Å². The zero-order valence-electron chi connectivity index (χ0n) is 22.2. The van der Waals surface area contributed by atoms with Gasteiger partial charge in [-0.3, -0.25) is 4.57 Å². The second kappa shape index (κ2) is 18.8. The molecule has 0 aromatic carbocycles. The number of unbranched alkanes of at least 4 members (excludes halogenated alkanes) is 13. The maximum Gasteiger partial charge on any atom is 0.362 e. The highest BCUT2D eigenvalue weighted by Crippen LogP contribution is 2.52. The molecule has 0 heterocycles. The number of nitrogens with zero attached hydrogens (tertiary/aromatic N) is 1. The van der Waals surface area contributed by atoms with Crippen LogP contribution in [0.1, 0.15) is 116 Å². The largest absolute Gasteiger partial charge is 0.373 e. The van der Waals surface area contributed by atoms with Gasteiger partial charge in [-0.15, -0.1) is 0 Å². The molecule has 0 aliphatic rings. The SMILES string of the molecule is CCCCC/C=C\CCCCCC/C=C\CCCCCCCC(O)(C[N+](C)(C)C)P(=O)(O)O. The third-order valence-electron chi connectivity index (χ3n) is 6.02. The van der Waals surface area contributed by atoms with Crippen molar-refractivity contribution in [3.05, 3.63) is 24.3 Å². The number of quaternary nitrogens is 1. The summed E-state index contributed by atoms with van der Waals surface area (Å²) in [5, 5.41) is 8.63. The zero-order chi connectivity index (χ0) is 25.1. The Hall–Kier alpha value is -0.450. The van der Waals surface area contributed by atoms with Crippen molar-refractivity contribution in [2.24, 2.45) is 0 Å². The third-order valence-corrected chi connectivity index (χ3v) is 7.47. The molecule has 6 heteroatoms. The normalized spacial score (nSPS) is 15.0. The van der Waals surface area contributed by atoms with Crippen LogP contribution < -0.4 is 0 Å². The van der Waals surface area contributed by atoms with Crippen molar-refractivity contribution in [1.29, 1.82) is 0 Å². The van der Waals surface area contributed by atoms with E-state index in [2.05, 4.69) is 31.2 Å². The first-order valence-corrected chi connectivity index (χ1v) is 15.0. The van der Waals surface area contributed by atoms with Crippen LogP contribution in [0.3, 0.4) is 0 Å². The number of aliphatic hydroxyl groups is 1. The number of likely N-dealkylation sites (N-methyl/N-ethyl adjacent to an activating group) is 1. The van der Waals surface area contributed by atoms with E-state index in [0.717, 1.165) is 32.1 Å². The monoisotopic (exact) mass is 488 g/mol. The van der Waals surface area contributed by atoms with Crippen LogP contribution in [-0.2, 0) is 4.57 Å². The fraction of sp³-hybridized carbons (Fsp3) is 0.852. The van der Waals surface area contributed by atoms with Crippen molar-refractivity contribution in [3.8, 4) is 0 Å². The van der Waals surface area contributed by atoms with E-state index in [9.17, 15) is 19.5 Å². The Morgan fingerprint density at radius 1 is 0.667 bits per heavy atom. The zero-order valence-corrected chi connectivity index (χ0v) is 23.1. The molecular weight excluding hydrogens is 433 g/mol. The summed E-state index contributed by atoms with van der Waals surface area (Å²) in [6.45, 7) is 2.30. The van der Waals surface area contributed by atoms with Gasteiger partial charge in [0, 0.05) is 0 Å². The van der Waals surface area contributed by atoms with Crippen molar-refractivity contribution >= 4 is 7.60 Å². The van der Waals surface area contributed by atoms with Gasteiger partial charge in [0.25, 0.3) is 0 Å². The molecule has 0 rings (SSSR count). The van der Waals surface area contributed by atoms with E-state index in [1.807, 2.05) is 21.1 Å². The standard InChI is InChI=1S/C27H54NO4P/c1-5-6-7-8-9-10-11-12-13-14-15-16-17-18-19-20-21-22-23-24-25-27(29,33(30,31)32)26-28(2,3)4/h9-10,17-18,29H,5-8,11-16,19-26H2,1-4H3,(H-,30,31,32)/p+1/b10-9-,18-17-. The molecule has 0 saturated carbocycles. The summed E-state index contributed by atoms with van der Waals surface area (Å²) in [5.41, 5.74) is 0. The summed E-state index contributed by atoms with van der Waals surface area (Å²) in [6, 6.07) is 0. The van der Waals surface area contributed by atoms with Crippen molar-refractivity contribution in [3.63, 3.8) is 0 Å². The molecule has 5 nitrogen and oxygen atoms in total. The fourth-order valence-corrected chi connectivity index (χ4v) is 5.20. The van der Waals surface area contributed by atoms with E-state index >= 15 is 0 Å². The van der Waals surface area contributed by atoms with Crippen molar-refractivity contribution < 1.29 is 23.9 Å². The number of hydrogen-bond acceptors (Lipinski definition) is 2. The van der Waals surface area contributed by atoms with Gasteiger partial charge in [-0.1, -0.05) is 76.2 Å². The Kier molecular flexibility index (Phi) is 18.6. The Morgan fingerprint density at radius 3 is 1.39 bits per heavy atom. The molecule has 0 aliphatic carbocycles. The molecule has 0 fully saturated rings. The average Bonchev–Trinajstić information content (AvgIpc) is 2.70. The maximum atomic E-state index is 11.8. The van der Waals surface area contributed by atoms with E-state index in [0.29, 0.717) is 10.9 Å². The minimum Gasteiger partial charge on any atom is -0.373 e. The van der Waals surface area contributed by atoms with Crippen LogP contribution in [0.2, 0.25) is 0 Å². The summed E-state index contributed by atoms with van der Waals surface area (Å²) >= 11 is 0. The van der Waals surface area contributed by atoms with Crippen LogP contribution in [-0.4, -0.2) is 52.4 Å². The minimum absolute atomic E-state index is 0.0538. The van der Waals surface area contributed by atoms with Gasteiger partial charge in [-0.2, -0.15) is 0 Å². The van der Waals surface area contributed by atoms with E-state index < -0.39 is 12.9 Å². The van der Waals surface area contributed by atoms with Crippen molar-refractivity contribution in [2.75, 3.05) is 27.7 Å². The fourth-order valence-electron chi connectivity index (χ4n) is 4.14. The van der Waals surface area contributed by atoms with Gasteiger partial charge in [0.1, 0.15) is 6.54 Å². The Balaban J connectivity index is 3.63. The van der Waals surface area contributed by atoms with Gasteiger partial charge in [0.2, 0.25) is 5.34 Å². The Bertz CT molecular complexity index is 565. The van der Waals surface area contributed by atoms with Crippen LogP contribution in [0.4, 0.5) is 0 Å². The second-order valence-corrected chi connectivity index (χ2v) is 12.6. The van der Waals surface area contributed by atoms with Crippen LogP contribution in [0.5, 0.6) is 0 Å². The summed E-state index contributed by atoms with van der Waals surface area (Å²) < 4.78 is 12.1. The molecule has 196 valence electrons. The van der Waals surface area contributed by atoms with Gasteiger partial charge in [0.15, 0.2) is 0 Å². The van der Waals surface area contributed by atoms with Crippen LogP contribution in [0.25, 0.3) is 0 Å². The van der Waals surface area contributed by atoms with Gasteiger partial charge in [-0.05, 0) is 64.2 Å². The van der Waals surface area contributed by atoms with Crippen molar-refractivity contribution in [1.82, 2.24) is 0 Å². The molecule has 1 unspecified atom stereocenters. The first-order chi connectivity index (χ1) is 15.5. The van der Waals surface area contributed by atoms with Crippen LogP contribution >= 0.6 is 7.60 Å². The van der Waals surface area contributed by atoms with E-state index in [4.69, 9.17) is 0 Å². The molecule has 0 bridgehead atoms.